The number of carbonyl (C=O) groups is 1. The van der Waals surface area contributed by atoms with Crippen molar-refractivity contribution in [3.8, 4) is 0 Å². The van der Waals surface area contributed by atoms with E-state index < -0.39 is 0 Å². The van der Waals surface area contributed by atoms with Gasteiger partial charge in [-0.05, 0) is 48.2 Å². The number of hydrogen-bond acceptors (Lipinski definition) is 3. The second-order valence-electron chi connectivity index (χ2n) is 7.99. The summed E-state index contributed by atoms with van der Waals surface area (Å²) in [4.78, 5) is 16.5. The van der Waals surface area contributed by atoms with Crippen molar-refractivity contribution in [2.24, 2.45) is 4.99 Å². The molecule has 0 saturated heterocycles. The van der Waals surface area contributed by atoms with Crippen molar-refractivity contribution in [2.45, 2.75) is 31.3 Å². The van der Waals surface area contributed by atoms with Crippen LogP contribution in [0.2, 0.25) is 0 Å². The Morgan fingerprint density at radius 3 is 2.67 bits per heavy atom. The monoisotopic (exact) mass is 562 g/mol. The van der Waals surface area contributed by atoms with E-state index in [4.69, 9.17) is 0 Å². The summed E-state index contributed by atoms with van der Waals surface area (Å²) in [5.74, 6) is 0.362. The van der Waals surface area contributed by atoms with Crippen molar-refractivity contribution >= 4 is 41.5 Å². The van der Waals surface area contributed by atoms with Gasteiger partial charge in [0.1, 0.15) is 12.4 Å². The minimum absolute atomic E-state index is 0. The van der Waals surface area contributed by atoms with Crippen molar-refractivity contribution in [3.63, 3.8) is 0 Å². The van der Waals surface area contributed by atoms with Gasteiger partial charge in [0, 0.05) is 43.6 Å². The number of benzene rings is 2. The third kappa shape index (κ3) is 6.53. The quantitative estimate of drug-likeness (QED) is 0.222. The van der Waals surface area contributed by atoms with Crippen LogP contribution < -0.4 is 16.0 Å². The van der Waals surface area contributed by atoms with Crippen LogP contribution >= 0.6 is 24.0 Å². The highest BCUT2D eigenvalue weighted by Gasteiger charge is 2.45. The van der Waals surface area contributed by atoms with Crippen molar-refractivity contribution in [1.29, 1.82) is 0 Å². The fourth-order valence-corrected chi connectivity index (χ4v) is 3.74. The molecule has 0 unspecified atom stereocenters. The summed E-state index contributed by atoms with van der Waals surface area (Å²) in [6.07, 6.45) is 5.30. The van der Waals surface area contributed by atoms with Gasteiger partial charge >= 0.3 is 0 Å². The smallest absolute Gasteiger partial charge is 0.246 e. The summed E-state index contributed by atoms with van der Waals surface area (Å²) < 4.78 is 15.8. The summed E-state index contributed by atoms with van der Waals surface area (Å²) in [6, 6.07) is 16.4. The Labute approximate surface area is 209 Å². The van der Waals surface area contributed by atoms with Crippen LogP contribution in [-0.2, 0) is 23.3 Å². The first kappa shape index (κ1) is 24.7. The lowest BCUT2D eigenvalue weighted by atomic mass is 9.95. The Bertz CT molecular complexity index is 1100. The van der Waals surface area contributed by atoms with Gasteiger partial charge in [-0.3, -0.25) is 14.5 Å². The molecule has 2 aromatic carbocycles. The third-order valence-corrected chi connectivity index (χ3v) is 5.65. The van der Waals surface area contributed by atoms with E-state index in [9.17, 15) is 9.18 Å². The molecule has 4 rings (SSSR count). The minimum Gasteiger partial charge on any atom is -0.356 e. The van der Waals surface area contributed by atoms with Gasteiger partial charge in [0.05, 0.1) is 0 Å². The second-order valence-corrected chi connectivity index (χ2v) is 7.99. The number of nitrogens with zero attached hydrogens (tertiary/aromatic N) is 3. The van der Waals surface area contributed by atoms with E-state index in [0.29, 0.717) is 19.0 Å². The number of amides is 1. The van der Waals surface area contributed by atoms with Crippen LogP contribution in [0.3, 0.4) is 0 Å². The van der Waals surface area contributed by atoms with Crippen LogP contribution in [0.25, 0.3) is 0 Å². The van der Waals surface area contributed by atoms with Gasteiger partial charge in [0.15, 0.2) is 5.96 Å². The van der Waals surface area contributed by atoms with Gasteiger partial charge in [-0.15, -0.1) is 24.0 Å². The number of nitrogens with one attached hydrogen (secondary N) is 3. The lowest BCUT2D eigenvalue weighted by Crippen LogP contribution is -2.41. The van der Waals surface area contributed by atoms with Crippen molar-refractivity contribution in [1.82, 2.24) is 20.4 Å². The molecule has 1 heterocycles. The maximum Gasteiger partial charge on any atom is 0.246 e. The minimum atomic E-state index is -0.165. The van der Waals surface area contributed by atoms with Gasteiger partial charge < -0.3 is 16.0 Å². The summed E-state index contributed by atoms with van der Waals surface area (Å²) >= 11 is 0. The molecule has 1 aromatic heterocycles. The average Bonchev–Trinajstić information content (AvgIpc) is 3.40. The number of rotatable bonds is 8. The van der Waals surface area contributed by atoms with E-state index in [1.165, 1.54) is 6.07 Å². The highest BCUT2D eigenvalue weighted by atomic mass is 127. The van der Waals surface area contributed by atoms with Gasteiger partial charge in [-0.2, -0.15) is 5.10 Å². The van der Waals surface area contributed by atoms with Crippen LogP contribution in [0.4, 0.5) is 10.1 Å². The molecule has 9 heteroatoms. The first-order valence-corrected chi connectivity index (χ1v) is 10.6. The first-order valence-electron chi connectivity index (χ1n) is 10.6. The Kier molecular flexibility index (Phi) is 8.43. The van der Waals surface area contributed by atoms with E-state index in [-0.39, 0.29) is 47.7 Å². The van der Waals surface area contributed by atoms with Gasteiger partial charge in [-0.1, -0.05) is 30.3 Å². The first-order chi connectivity index (χ1) is 15.6. The molecular formula is C24H28FIN6O. The Hall–Kier alpha value is -2.95. The molecule has 3 aromatic rings. The molecule has 1 amide bonds. The van der Waals surface area contributed by atoms with Gasteiger partial charge in [0.25, 0.3) is 0 Å². The zero-order valence-electron chi connectivity index (χ0n) is 18.4. The number of guanidine groups is 1. The maximum absolute atomic E-state index is 14.2. The standard InChI is InChI=1S/C24H27FN6O.HI/c1-26-23(28-17-24(10-11-24)20-8-2-3-9-21(20)25)27-15-18-6-4-7-19(14-18)30-22(32)16-31-13-5-12-29-31;/h2-9,12-14H,10-11,15-17H2,1H3,(H,30,32)(H2,26,27,28);1H. The lowest BCUT2D eigenvalue weighted by Gasteiger charge is -2.19. The highest BCUT2D eigenvalue weighted by Crippen LogP contribution is 2.48. The average molecular weight is 562 g/mol. The highest BCUT2D eigenvalue weighted by molar-refractivity contribution is 14.0. The zero-order valence-corrected chi connectivity index (χ0v) is 20.8. The molecule has 0 atom stereocenters. The normalized spacial score (nSPS) is 14.2. The molecule has 1 aliphatic carbocycles. The molecule has 0 bridgehead atoms. The Balaban J connectivity index is 0.00000306. The number of aliphatic imine (C=N–C) groups is 1. The number of carbonyl (C=O) groups excluding carboxylic acids is 1. The molecule has 0 radical (unpaired) electrons. The van der Waals surface area contributed by atoms with Crippen molar-refractivity contribution < 1.29 is 9.18 Å². The molecule has 33 heavy (non-hydrogen) atoms. The largest absolute Gasteiger partial charge is 0.356 e. The molecule has 1 aliphatic rings. The van der Waals surface area contributed by atoms with E-state index in [2.05, 4.69) is 26.0 Å². The van der Waals surface area contributed by atoms with Crippen LogP contribution in [-0.4, -0.2) is 35.2 Å². The molecule has 0 spiro atoms. The Morgan fingerprint density at radius 1 is 1.15 bits per heavy atom. The zero-order chi connectivity index (χ0) is 22.4. The van der Waals surface area contributed by atoms with Crippen LogP contribution in [0.5, 0.6) is 0 Å². The molecule has 174 valence electrons. The van der Waals surface area contributed by atoms with Crippen molar-refractivity contribution in [2.75, 3.05) is 18.9 Å². The molecule has 1 fully saturated rings. The summed E-state index contributed by atoms with van der Waals surface area (Å²) in [6.45, 7) is 1.32. The second kappa shape index (κ2) is 11.3. The lowest BCUT2D eigenvalue weighted by molar-refractivity contribution is -0.116. The number of anilines is 1. The molecule has 3 N–H and O–H groups in total. The molecular weight excluding hydrogens is 534 g/mol. The van der Waals surface area contributed by atoms with Gasteiger partial charge in [-0.25, -0.2) is 4.39 Å². The maximum atomic E-state index is 14.2. The van der Waals surface area contributed by atoms with E-state index >= 15 is 0 Å². The summed E-state index contributed by atoms with van der Waals surface area (Å²) in [5.41, 5.74) is 2.32. The van der Waals surface area contributed by atoms with E-state index in [1.807, 2.05) is 36.4 Å². The molecule has 0 aliphatic heterocycles. The van der Waals surface area contributed by atoms with E-state index in [0.717, 1.165) is 29.7 Å². The fourth-order valence-electron chi connectivity index (χ4n) is 3.74. The van der Waals surface area contributed by atoms with Crippen LogP contribution in [0.15, 0.2) is 72.0 Å². The Morgan fingerprint density at radius 2 is 1.97 bits per heavy atom. The predicted octanol–water partition coefficient (Wildman–Crippen LogP) is 3.68. The topological polar surface area (TPSA) is 83.3 Å². The van der Waals surface area contributed by atoms with E-state index in [1.54, 1.807) is 36.3 Å². The number of hydrogen-bond donors (Lipinski definition) is 3. The van der Waals surface area contributed by atoms with Crippen LogP contribution in [0, 0.1) is 5.82 Å². The summed E-state index contributed by atoms with van der Waals surface area (Å²) in [7, 11) is 1.71. The molecule has 1 saturated carbocycles. The fraction of sp³-hybridized carbons (Fsp3) is 0.292. The van der Waals surface area contributed by atoms with Gasteiger partial charge in [0.2, 0.25) is 5.91 Å². The summed E-state index contributed by atoms with van der Waals surface area (Å²) in [5, 5.41) is 13.6. The molecule has 7 nitrogen and oxygen atoms in total. The predicted molar refractivity (Wildman–Crippen MR) is 138 cm³/mol. The number of halogens is 2. The third-order valence-electron chi connectivity index (χ3n) is 5.65. The van der Waals surface area contributed by atoms with Crippen LogP contribution in [0.1, 0.15) is 24.0 Å². The number of aromatic nitrogens is 2. The van der Waals surface area contributed by atoms with Crippen molar-refractivity contribution in [3.05, 3.63) is 83.9 Å². The SMILES string of the molecule is CN=C(NCc1cccc(NC(=O)Cn2cccn2)c1)NCC1(c2ccccc2F)CC1.I.